The number of thioether (sulfide) groups is 1. The zero-order valence-corrected chi connectivity index (χ0v) is 15.5. The molecule has 0 saturated carbocycles. The van der Waals surface area contributed by atoms with Crippen LogP contribution in [-0.2, 0) is 14.4 Å². The maximum atomic E-state index is 12.5. The number of amides is 1. The maximum absolute atomic E-state index is 12.5. The van der Waals surface area contributed by atoms with Gasteiger partial charge in [0.25, 0.3) is 0 Å². The summed E-state index contributed by atoms with van der Waals surface area (Å²) >= 11 is 1.10. The third-order valence-electron chi connectivity index (χ3n) is 4.80. The van der Waals surface area contributed by atoms with Crippen LogP contribution < -0.4 is 0 Å². The molecule has 3 atom stereocenters. The Bertz CT molecular complexity index is 619. The Morgan fingerprint density at radius 3 is 2.52 bits per heavy atom. The van der Waals surface area contributed by atoms with Crippen molar-refractivity contribution >= 4 is 28.8 Å². The van der Waals surface area contributed by atoms with Crippen LogP contribution in [0, 0.1) is 5.92 Å². The predicted molar refractivity (Wildman–Crippen MR) is 98.5 cm³/mol. The standard InChI is InChI=1S/C19H25NO4S/c1-3-16(14-7-5-4-6-8-14)15-11-17(19(23)24)20(12-15)18(22)9-10-25-13(2)21/h4-8,15-17H,3,9-12H2,1-2H3,(H,23,24)/t15-,16?,17+/m1/s1. The van der Waals surface area contributed by atoms with Crippen LogP contribution in [0.15, 0.2) is 30.3 Å². The lowest BCUT2D eigenvalue weighted by molar-refractivity contribution is -0.148. The van der Waals surface area contributed by atoms with Crippen molar-refractivity contribution in [1.82, 2.24) is 4.90 Å². The van der Waals surface area contributed by atoms with Gasteiger partial charge in [-0.3, -0.25) is 9.59 Å². The summed E-state index contributed by atoms with van der Waals surface area (Å²) in [7, 11) is 0. The number of carboxylic acids is 1. The first-order chi connectivity index (χ1) is 11.9. The van der Waals surface area contributed by atoms with Gasteiger partial charge in [0, 0.05) is 25.6 Å². The van der Waals surface area contributed by atoms with Crippen molar-refractivity contribution in [2.45, 2.75) is 45.1 Å². The van der Waals surface area contributed by atoms with E-state index in [1.165, 1.54) is 17.4 Å². The van der Waals surface area contributed by atoms with Crippen molar-refractivity contribution in [3.05, 3.63) is 35.9 Å². The summed E-state index contributed by atoms with van der Waals surface area (Å²) in [6, 6.07) is 9.31. The molecule has 1 aromatic carbocycles. The Balaban J connectivity index is 2.09. The monoisotopic (exact) mass is 363 g/mol. The molecule has 0 spiro atoms. The molecule has 0 bridgehead atoms. The van der Waals surface area contributed by atoms with E-state index in [1.54, 1.807) is 0 Å². The third kappa shape index (κ3) is 5.08. The molecule has 1 fully saturated rings. The SMILES string of the molecule is CCC(c1ccccc1)[C@@H]1C[C@@H](C(=O)O)N(C(=O)CCSC(C)=O)C1. The van der Waals surface area contributed by atoms with E-state index in [-0.39, 0.29) is 29.3 Å². The molecule has 1 heterocycles. The molecule has 0 aromatic heterocycles. The summed E-state index contributed by atoms with van der Waals surface area (Å²) in [6.07, 6.45) is 1.58. The fraction of sp³-hybridized carbons (Fsp3) is 0.526. The van der Waals surface area contributed by atoms with Gasteiger partial charge in [-0.1, -0.05) is 49.0 Å². The third-order valence-corrected chi connectivity index (χ3v) is 5.61. The number of carbonyl (C=O) groups excluding carboxylic acids is 2. The lowest BCUT2D eigenvalue weighted by atomic mass is 9.83. The van der Waals surface area contributed by atoms with Gasteiger partial charge in [-0.05, 0) is 30.2 Å². The Labute approximate surface area is 152 Å². The lowest BCUT2D eigenvalue weighted by Crippen LogP contribution is -2.40. The Hall–Kier alpha value is -1.82. The van der Waals surface area contributed by atoms with Crippen molar-refractivity contribution in [3.8, 4) is 0 Å². The summed E-state index contributed by atoms with van der Waals surface area (Å²) < 4.78 is 0. The van der Waals surface area contributed by atoms with Gasteiger partial charge < -0.3 is 10.0 Å². The van der Waals surface area contributed by atoms with Crippen LogP contribution >= 0.6 is 11.8 Å². The number of nitrogens with zero attached hydrogens (tertiary/aromatic N) is 1. The van der Waals surface area contributed by atoms with Gasteiger partial charge in [0.1, 0.15) is 6.04 Å². The quantitative estimate of drug-likeness (QED) is 0.805. The molecule has 6 heteroatoms. The van der Waals surface area contributed by atoms with Crippen LogP contribution in [0.25, 0.3) is 0 Å². The first kappa shape index (κ1) is 19.5. The molecule has 1 aliphatic rings. The number of carboxylic acid groups (broad SMARTS) is 1. The minimum atomic E-state index is -0.946. The first-order valence-corrected chi connectivity index (χ1v) is 9.63. The molecule has 0 aliphatic carbocycles. The molecule has 1 N–H and O–H groups in total. The highest BCUT2D eigenvalue weighted by atomic mass is 32.2. The van der Waals surface area contributed by atoms with Gasteiger partial charge in [-0.2, -0.15) is 0 Å². The summed E-state index contributed by atoms with van der Waals surface area (Å²) in [4.78, 5) is 36.6. The highest BCUT2D eigenvalue weighted by molar-refractivity contribution is 8.13. The van der Waals surface area contributed by atoms with Gasteiger partial charge in [0.05, 0.1) is 0 Å². The number of hydrogen-bond acceptors (Lipinski definition) is 4. The molecule has 1 aliphatic heterocycles. The van der Waals surface area contributed by atoms with Crippen LogP contribution in [0.5, 0.6) is 0 Å². The predicted octanol–water partition coefficient (Wildman–Crippen LogP) is 3.15. The molecule has 136 valence electrons. The van der Waals surface area contributed by atoms with Crippen molar-refractivity contribution in [2.75, 3.05) is 12.3 Å². The van der Waals surface area contributed by atoms with Crippen molar-refractivity contribution in [3.63, 3.8) is 0 Å². The Morgan fingerprint density at radius 1 is 1.28 bits per heavy atom. The van der Waals surface area contributed by atoms with E-state index in [1.807, 2.05) is 18.2 Å². The summed E-state index contributed by atoms with van der Waals surface area (Å²) in [5.41, 5.74) is 1.19. The fourth-order valence-corrected chi connectivity index (χ4v) is 4.20. The summed E-state index contributed by atoms with van der Waals surface area (Å²) in [6.45, 7) is 4.03. The molecule has 1 amide bonds. The number of likely N-dealkylation sites (tertiary alicyclic amines) is 1. The average Bonchev–Trinajstić information content (AvgIpc) is 3.01. The Morgan fingerprint density at radius 2 is 1.96 bits per heavy atom. The van der Waals surface area contributed by atoms with Gasteiger partial charge in [-0.25, -0.2) is 4.79 Å². The second-order valence-electron chi connectivity index (χ2n) is 6.41. The van der Waals surface area contributed by atoms with Crippen LogP contribution in [0.2, 0.25) is 0 Å². The second-order valence-corrected chi connectivity index (χ2v) is 7.68. The molecule has 1 aromatic rings. The van der Waals surface area contributed by atoms with E-state index in [0.717, 1.165) is 18.2 Å². The zero-order chi connectivity index (χ0) is 18.4. The van der Waals surface area contributed by atoms with E-state index >= 15 is 0 Å². The smallest absolute Gasteiger partial charge is 0.326 e. The van der Waals surface area contributed by atoms with E-state index in [9.17, 15) is 19.5 Å². The minimum absolute atomic E-state index is 0.0305. The van der Waals surface area contributed by atoms with E-state index in [4.69, 9.17) is 0 Å². The van der Waals surface area contributed by atoms with Gasteiger partial charge in [-0.15, -0.1) is 0 Å². The topological polar surface area (TPSA) is 74.7 Å². The van der Waals surface area contributed by atoms with Crippen molar-refractivity contribution < 1.29 is 19.5 Å². The van der Waals surface area contributed by atoms with Crippen LogP contribution in [0.1, 0.15) is 44.6 Å². The van der Waals surface area contributed by atoms with E-state index < -0.39 is 12.0 Å². The van der Waals surface area contributed by atoms with Crippen molar-refractivity contribution in [1.29, 1.82) is 0 Å². The maximum Gasteiger partial charge on any atom is 0.326 e. The molecule has 25 heavy (non-hydrogen) atoms. The molecular formula is C19H25NO4S. The normalized spacial score (nSPS) is 21.1. The number of hydrogen-bond donors (Lipinski definition) is 1. The van der Waals surface area contributed by atoms with Gasteiger partial charge in [0.2, 0.25) is 5.91 Å². The summed E-state index contributed by atoms with van der Waals surface area (Å²) in [5, 5.41) is 9.51. The number of carbonyl (C=O) groups is 3. The van der Waals surface area contributed by atoms with Gasteiger partial charge in [0.15, 0.2) is 5.12 Å². The zero-order valence-electron chi connectivity index (χ0n) is 14.7. The molecule has 0 radical (unpaired) electrons. The van der Waals surface area contributed by atoms with E-state index in [2.05, 4.69) is 19.1 Å². The minimum Gasteiger partial charge on any atom is -0.480 e. The molecule has 1 unspecified atom stereocenters. The van der Waals surface area contributed by atoms with Crippen molar-refractivity contribution in [2.24, 2.45) is 5.92 Å². The van der Waals surface area contributed by atoms with Gasteiger partial charge >= 0.3 is 5.97 Å². The number of aliphatic carboxylic acids is 1. The highest BCUT2D eigenvalue weighted by Crippen LogP contribution is 2.37. The highest BCUT2D eigenvalue weighted by Gasteiger charge is 2.42. The summed E-state index contributed by atoms with van der Waals surface area (Å²) in [5.74, 6) is -0.340. The largest absolute Gasteiger partial charge is 0.480 e. The number of benzene rings is 1. The van der Waals surface area contributed by atoms with Crippen LogP contribution in [0.3, 0.4) is 0 Å². The van der Waals surface area contributed by atoms with Crippen LogP contribution in [-0.4, -0.2) is 45.3 Å². The van der Waals surface area contributed by atoms with E-state index in [0.29, 0.717) is 18.7 Å². The second kappa shape index (κ2) is 9.04. The number of rotatable bonds is 7. The molecule has 2 rings (SSSR count). The van der Waals surface area contributed by atoms with Crippen LogP contribution in [0.4, 0.5) is 0 Å². The molecular weight excluding hydrogens is 338 g/mol. The lowest BCUT2D eigenvalue weighted by Gasteiger charge is -2.23. The fourth-order valence-electron chi connectivity index (χ4n) is 3.64. The molecule has 5 nitrogen and oxygen atoms in total. The molecule has 1 saturated heterocycles. The Kier molecular flexibility index (Phi) is 7.05. The first-order valence-electron chi connectivity index (χ1n) is 8.64. The average molecular weight is 363 g/mol.